The Hall–Kier alpha value is -1.68. The van der Waals surface area contributed by atoms with Crippen LogP contribution in [0.2, 0.25) is 0 Å². The van der Waals surface area contributed by atoms with Gasteiger partial charge in [0.05, 0.1) is 6.10 Å². The molecule has 0 spiro atoms. The first-order chi connectivity index (χ1) is 13.2. The van der Waals surface area contributed by atoms with Crippen LogP contribution in [-0.2, 0) is 4.79 Å². The number of unbranched alkanes of at least 4 members (excludes halogenated alkanes) is 4. The maximum Gasteiger partial charge on any atom is 0.220 e. The van der Waals surface area contributed by atoms with E-state index < -0.39 is 12.8 Å². The van der Waals surface area contributed by atoms with E-state index in [9.17, 15) is 9.18 Å². The van der Waals surface area contributed by atoms with E-state index in [2.05, 4.69) is 60.8 Å². The SMILES string of the molecule is CCCCC/C=C\C/C=C/C/C=C\C/C=C\CCCC(=O)NCC(O)CF. The van der Waals surface area contributed by atoms with Crippen LogP contribution in [-0.4, -0.2) is 30.3 Å². The highest BCUT2D eigenvalue weighted by Crippen LogP contribution is 2.01. The number of amides is 1. The number of rotatable bonds is 17. The van der Waals surface area contributed by atoms with Gasteiger partial charge in [-0.15, -0.1) is 0 Å². The number of carbonyl (C=O) groups is 1. The van der Waals surface area contributed by atoms with E-state index in [0.717, 1.165) is 32.1 Å². The van der Waals surface area contributed by atoms with Gasteiger partial charge < -0.3 is 10.4 Å². The van der Waals surface area contributed by atoms with Gasteiger partial charge in [-0.2, -0.15) is 0 Å². The van der Waals surface area contributed by atoms with Crippen LogP contribution < -0.4 is 5.32 Å². The molecule has 4 heteroatoms. The second-order valence-corrected chi connectivity index (χ2v) is 6.59. The quantitative estimate of drug-likeness (QED) is 0.256. The normalized spacial score (nSPS) is 13.4. The van der Waals surface area contributed by atoms with Crippen molar-refractivity contribution in [3.05, 3.63) is 48.6 Å². The zero-order valence-corrected chi connectivity index (χ0v) is 16.9. The average Bonchev–Trinajstić information content (AvgIpc) is 2.68. The average molecular weight is 380 g/mol. The molecule has 3 nitrogen and oxygen atoms in total. The lowest BCUT2D eigenvalue weighted by molar-refractivity contribution is -0.121. The van der Waals surface area contributed by atoms with Crippen molar-refractivity contribution in [3.8, 4) is 0 Å². The fourth-order valence-corrected chi connectivity index (χ4v) is 2.32. The molecule has 0 saturated carbocycles. The molecular formula is C23H38FNO2. The van der Waals surface area contributed by atoms with Crippen molar-refractivity contribution in [3.63, 3.8) is 0 Å². The van der Waals surface area contributed by atoms with E-state index in [4.69, 9.17) is 5.11 Å². The molecule has 2 N–H and O–H groups in total. The third-order valence-corrected chi connectivity index (χ3v) is 3.95. The molecule has 1 amide bonds. The van der Waals surface area contributed by atoms with Gasteiger partial charge in [-0.1, -0.05) is 68.4 Å². The monoisotopic (exact) mass is 379 g/mol. The first-order valence-corrected chi connectivity index (χ1v) is 10.3. The number of allylic oxidation sites excluding steroid dienone is 8. The number of aliphatic hydroxyl groups is 1. The molecular weight excluding hydrogens is 341 g/mol. The number of hydrogen-bond acceptors (Lipinski definition) is 2. The summed E-state index contributed by atoms with van der Waals surface area (Å²) in [6.07, 6.45) is 26.3. The third kappa shape index (κ3) is 20.5. The van der Waals surface area contributed by atoms with E-state index in [0.29, 0.717) is 6.42 Å². The predicted molar refractivity (Wildman–Crippen MR) is 113 cm³/mol. The lowest BCUT2D eigenvalue weighted by atomic mass is 10.2. The zero-order valence-electron chi connectivity index (χ0n) is 16.9. The van der Waals surface area contributed by atoms with Gasteiger partial charge >= 0.3 is 0 Å². The molecule has 154 valence electrons. The van der Waals surface area contributed by atoms with E-state index >= 15 is 0 Å². The minimum Gasteiger partial charge on any atom is -0.389 e. The Bertz CT molecular complexity index is 455. The van der Waals surface area contributed by atoms with E-state index in [1.807, 2.05) is 0 Å². The molecule has 1 atom stereocenters. The number of carbonyl (C=O) groups excluding carboxylic acids is 1. The van der Waals surface area contributed by atoms with Crippen LogP contribution >= 0.6 is 0 Å². The van der Waals surface area contributed by atoms with Gasteiger partial charge in [-0.3, -0.25) is 4.79 Å². The second-order valence-electron chi connectivity index (χ2n) is 6.59. The number of alkyl halides is 1. The van der Waals surface area contributed by atoms with Crippen LogP contribution in [0.4, 0.5) is 4.39 Å². The standard InChI is InChI=1S/C23H38FNO2/c1-2-3-4-5-6-7-8-9-10-11-12-13-14-15-16-17-18-19-23(27)25-21-22(26)20-24/h6-7,9-10,12-13,15-16,22,26H,2-5,8,11,14,17-21H2,1H3,(H,25,27)/b7-6-,10-9+,13-12-,16-15-. The Morgan fingerprint density at radius 2 is 1.41 bits per heavy atom. The Balaban J connectivity index is 3.49. The topological polar surface area (TPSA) is 49.3 Å². The molecule has 0 radical (unpaired) electrons. The van der Waals surface area contributed by atoms with Crippen molar-refractivity contribution in [2.24, 2.45) is 0 Å². The molecule has 0 aliphatic carbocycles. The molecule has 0 aromatic heterocycles. The van der Waals surface area contributed by atoms with E-state index in [1.54, 1.807) is 0 Å². The largest absolute Gasteiger partial charge is 0.389 e. The fourth-order valence-electron chi connectivity index (χ4n) is 2.32. The Kier molecular flexibility index (Phi) is 19.3. The van der Waals surface area contributed by atoms with Gasteiger partial charge in [0.2, 0.25) is 5.91 Å². The lowest BCUT2D eigenvalue weighted by Crippen LogP contribution is -2.32. The van der Waals surface area contributed by atoms with Crippen LogP contribution in [0.1, 0.15) is 71.1 Å². The van der Waals surface area contributed by atoms with E-state index in [1.165, 1.54) is 25.7 Å². The zero-order chi connectivity index (χ0) is 20.0. The molecule has 0 heterocycles. The number of nitrogens with one attached hydrogen (secondary N) is 1. The van der Waals surface area contributed by atoms with Gasteiger partial charge in [-0.25, -0.2) is 4.39 Å². The van der Waals surface area contributed by atoms with E-state index in [-0.39, 0.29) is 12.5 Å². The van der Waals surface area contributed by atoms with Gasteiger partial charge in [0.25, 0.3) is 0 Å². The van der Waals surface area contributed by atoms with Gasteiger partial charge in [-0.05, 0) is 44.9 Å². The van der Waals surface area contributed by atoms with Crippen LogP contribution in [0, 0.1) is 0 Å². The van der Waals surface area contributed by atoms with Crippen LogP contribution in [0.3, 0.4) is 0 Å². The van der Waals surface area contributed by atoms with Crippen molar-refractivity contribution in [1.82, 2.24) is 5.32 Å². The summed E-state index contributed by atoms with van der Waals surface area (Å²) in [5, 5.41) is 11.5. The molecule has 0 aromatic rings. The lowest BCUT2D eigenvalue weighted by Gasteiger charge is -2.07. The molecule has 0 fully saturated rings. The molecule has 0 rings (SSSR count). The van der Waals surface area contributed by atoms with Crippen LogP contribution in [0.25, 0.3) is 0 Å². The summed E-state index contributed by atoms with van der Waals surface area (Å²) in [6, 6.07) is 0. The molecule has 0 bridgehead atoms. The van der Waals surface area contributed by atoms with Crippen LogP contribution in [0.5, 0.6) is 0 Å². The van der Waals surface area contributed by atoms with Crippen LogP contribution in [0.15, 0.2) is 48.6 Å². The number of halogens is 1. The summed E-state index contributed by atoms with van der Waals surface area (Å²) in [4.78, 5) is 11.4. The van der Waals surface area contributed by atoms with Crippen molar-refractivity contribution < 1.29 is 14.3 Å². The van der Waals surface area contributed by atoms with Crippen molar-refractivity contribution in [2.45, 2.75) is 77.2 Å². The summed E-state index contributed by atoms with van der Waals surface area (Å²) in [6.45, 7) is 1.38. The summed E-state index contributed by atoms with van der Waals surface area (Å²) in [5.41, 5.74) is 0. The van der Waals surface area contributed by atoms with Crippen molar-refractivity contribution in [1.29, 1.82) is 0 Å². The van der Waals surface area contributed by atoms with Crippen molar-refractivity contribution in [2.75, 3.05) is 13.2 Å². The van der Waals surface area contributed by atoms with Gasteiger partial charge in [0.15, 0.2) is 0 Å². The summed E-state index contributed by atoms with van der Waals surface area (Å²) in [5.74, 6) is -0.140. The minimum atomic E-state index is -1.09. The van der Waals surface area contributed by atoms with Gasteiger partial charge in [0, 0.05) is 13.0 Å². The maximum atomic E-state index is 12.0. The Morgan fingerprint density at radius 3 is 1.93 bits per heavy atom. The number of aliphatic hydroxyl groups excluding tert-OH is 1. The third-order valence-electron chi connectivity index (χ3n) is 3.95. The predicted octanol–water partition coefficient (Wildman–Crippen LogP) is 5.58. The highest BCUT2D eigenvalue weighted by atomic mass is 19.1. The molecule has 0 saturated heterocycles. The Labute approximate surface area is 165 Å². The molecule has 0 aliphatic rings. The summed E-state index contributed by atoms with van der Waals surface area (Å²) < 4.78 is 12.0. The molecule has 0 aliphatic heterocycles. The highest BCUT2D eigenvalue weighted by Gasteiger charge is 2.05. The highest BCUT2D eigenvalue weighted by molar-refractivity contribution is 5.75. The smallest absolute Gasteiger partial charge is 0.220 e. The van der Waals surface area contributed by atoms with Gasteiger partial charge in [0.1, 0.15) is 6.67 Å². The first-order valence-electron chi connectivity index (χ1n) is 10.3. The maximum absolute atomic E-state index is 12.0. The first kappa shape index (κ1) is 25.3. The number of hydrogen-bond donors (Lipinski definition) is 2. The minimum absolute atomic E-state index is 0.0142. The fraction of sp³-hybridized carbons (Fsp3) is 0.609. The molecule has 27 heavy (non-hydrogen) atoms. The summed E-state index contributed by atoms with van der Waals surface area (Å²) in [7, 11) is 0. The molecule has 1 unspecified atom stereocenters. The second kappa shape index (κ2) is 20.6. The summed E-state index contributed by atoms with van der Waals surface area (Å²) >= 11 is 0. The van der Waals surface area contributed by atoms with Crippen molar-refractivity contribution >= 4 is 5.91 Å². The molecule has 0 aromatic carbocycles. The Morgan fingerprint density at radius 1 is 0.889 bits per heavy atom.